The SMILES string of the molecule is N#Cc1cc(Br)cnc1OC1CCCNC1. The average molecular weight is 282 g/mol. The van der Waals surface area contributed by atoms with Gasteiger partial charge in [0.05, 0.1) is 0 Å². The van der Waals surface area contributed by atoms with Gasteiger partial charge in [0.2, 0.25) is 5.88 Å². The lowest BCUT2D eigenvalue weighted by Gasteiger charge is -2.23. The normalized spacial score (nSPS) is 20.1. The molecule has 1 aliphatic heterocycles. The molecule has 2 rings (SSSR count). The van der Waals surface area contributed by atoms with Crippen LogP contribution in [0.1, 0.15) is 18.4 Å². The molecule has 0 spiro atoms. The van der Waals surface area contributed by atoms with Gasteiger partial charge in [0.15, 0.2) is 0 Å². The van der Waals surface area contributed by atoms with Gasteiger partial charge in [-0.25, -0.2) is 4.98 Å². The molecule has 84 valence electrons. The Morgan fingerprint density at radius 3 is 3.19 bits per heavy atom. The van der Waals surface area contributed by atoms with Crippen molar-refractivity contribution in [2.24, 2.45) is 0 Å². The first-order valence-electron chi connectivity index (χ1n) is 5.22. The first-order chi connectivity index (χ1) is 7.79. The van der Waals surface area contributed by atoms with Crippen LogP contribution in [-0.2, 0) is 0 Å². The van der Waals surface area contributed by atoms with Crippen LogP contribution >= 0.6 is 15.9 Å². The Kier molecular flexibility index (Phi) is 3.75. The number of piperidine rings is 1. The molecule has 1 aromatic rings. The third-order valence-electron chi connectivity index (χ3n) is 2.47. The van der Waals surface area contributed by atoms with Crippen molar-refractivity contribution < 1.29 is 4.74 Å². The second kappa shape index (κ2) is 5.28. The molecule has 1 aromatic heterocycles. The topological polar surface area (TPSA) is 57.9 Å². The van der Waals surface area contributed by atoms with Gasteiger partial charge in [-0.15, -0.1) is 0 Å². The monoisotopic (exact) mass is 281 g/mol. The van der Waals surface area contributed by atoms with Crippen molar-refractivity contribution >= 4 is 15.9 Å². The molecule has 0 aromatic carbocycles. The van der Waals surface area contributed by atoms with E-state index < -0.39 is 0 Å². The Morgan fingerprint density at radius 1 is 1.62 bits per heavy atom. The maximum atomic E-state index is 8.97. The minimum absolute atomic E-state index is 0.120. The molecule has 5 heteroatoms. The van der Waals surface area contributed by atoms with E-state index in [1.165, 1.54) is 0 Å². The molecule has 4 nitrogen and oxygen atoms in total. The van der Waals surface area contributed by atoms with E-state index in [4.69, 9.17) is 10.00 Å². The van der Waals surface area contributed by atoms with Gasteiger partial charge in [0, 0.05) is 17.2 Å². The standard InChI is InChI=1S/C11H12BrN3O/c12-9-4-8(5-13)11(15-6-9)16-10-2-1-3-14-7-10/h4,6,10,14H,1-3,7H2. The van der Waals surface area contributed by atoms with Crippen molar-refractivity contribution in [1.82, 2.24) is 10.3 Å². The predicted octanol–water partition coefficient (Wildman–Crippen LogP) is 1.85. The van der Waals surface area contributed by atoms with Gasteiger partial charge in [-0.1, -0.05) is 0 Å². The third-order valence-corrected chi connectivity index (χ3v) is 2.90. The summed E-state index contributed by atoms with van der Waals surface area (Å²) in [6.45, 7) is 1.86. The van der Waals surface area contributed by atoms with E-state index in [2.05, 4.69) is 32.3 Å². The lowest BCUT2D eigenvalue weighted by Crippen LogP contribution is -2.37. The molecule has 1 atom stereocenters. The van der Waals surface area contributed by atoms with E-state index in [1.807, 2.05) is 0 Å². The molecule has 1 fully saturated rings. The Labute approximate surface area is 103 Å². The van der Waals surface area contributed by atoms with Crippen LogP contribution in [-0.4, -0.2) is 24.2 Å². The van der Waals surface area contributed by atoms with Crippen LogP contribution in [0.3, 0.4) is 0 Å². The van der Waals surface area contributed by atoms with E-state index in [1.54, 1.807) is 12.3 Å². The predicted molar refractivity (Wildman–Crippen MR) is 63.2 cm³/mol. The van der Waals surface area contributed by atoms with E-state index in [9.17, 15) is 0 Å². The lowest BCUT2D eigenvalue weighted by atomic mass is 10.1. The quantitative estimate of drug-likeness (QED) is 0.899. The van der Waals surface area contributed by atoms with Crippen molar-refractivity contribution in [3.63, 3.8) is 0 Å². The fraction of sp³-hybridized carbons (Fsp3) is 0.455. The highest BCUT2D eigenvalue weighted by molar-refractivity contribution is 9.10. The number of nitriles is 1. The molecular formula is C11H12BrN3O. The van der Waals surface area contributed by atoms with Crippen molar-refractivity contribution in [3.8, 4) is 11.9 Å². The molecule has 1 aliphatic rings. The zero-order valence-electron chi connectivity index (χ0n) is 8.74. The number of rotatable bonds is 2. The molecule has 0 saturated carbocycles. The van der Waals surface area contributed by atoms with Crippen LogP contribution in [0.15, 0.2) is 16.7 Å². The fourth-order valence-corrected chi connectivity index (χ4v) is 2.01. The van der Waals surface area contributed by atoms with Crippen LogP contribution in [0.5, 0.6) is 5.88 Å². The van der Waals surface area contributed by atoms with Crippen LogP contribution in [0.2, 0.25) is 0 Å². The third kappa shape index (κ3) is 2.71. The first-order valence-corrected chi connectivity index (χ1v) is 6.02. The summed E-state index contributed by atoms with van der Waals surface area (Å²) in [6, 6.07) is 3.81. The highest BCUT2D eigenvalue weighted by Gasteiger charge is 2.16. The Morgan fingerprint density at radius 2 is 2.50 bits per heavy atom. The number of nitrogens with zero attached hydrogens (tertiary/aromatic N) is 2. The number of nitrogens with one attached hydrogen (secondary N) is 1. The molecular weight excluding hydrogens is 270 g/mol. The molecule has 0 radical (unpaired) electrons. The van der Waals surface area contributed by atoms with Gasteiger partial charge in [-0.05, 0) is 41.4 Å². The summed E-state index contributed by atoms with van der Waals surface area (Å²) >= 11 is 3.28. The minimum atomic E-state index is 0.120. The van der Waals surface area contributed by atoms with E-state index in [0.717, 1.165) is 30.4 Å². The second-order valence-electron chi connectivity index (χ2n) is 3.70. The van der Waals surface area contributed by atoms with Crippen molar-refractivity contribution in [1.29, 1.82) is 5.26 Å². The van der Waals surface area contributed by atoms with Crippen molar-refractivity contribution in [2.75, 3.05) is 13.1 Å². The van der Waals surface area contributed by atoms with Gasteiger partial charge in [0.1, 0.15) is 17.7 Å². The largest absolute Gasteiger partial charge is 0.472 e. The van der Waals surface area contributed by atoms with Gasteiger partial charge >= 0.3 is 0 Å². The van der Waals surface area contributed by atoms with Gasteiger partial charge in [0.25, 0.3) is 0 Å². The molecule has 1 unspecified atom stereocenters. The van der Waals surface area contributed by atoms with Gasteiger partial charge in [-0.2, -0.15) is 5.26 Å². The summed E-state index contributed by atoms with van der Waals surface area (Å²) in [5.74, 6) is 0.430. The number of aromatic nitrogens is 1. The number of halogens is 1. The first kappa shape index (κ1) is 11.4. The van der Waals surface area contributed by atoms with Crippen molar-refractivity contribution in [2.45, 2.75) is 18.9 Å². The number of hydrogen-bond acceptors (Lipinski definition) is 4. The van der Waals surface area contributed by atoms with Crippen LogP contribution in [0, 0.1) is 11.3 Å². The molecule has 1 N–H and O–H groups in total. The highest BCUT2D eigenvalue weighted by atomic mass is 79.9. The van der Waals surface area contributed by atoms with E-state index in [0.29, 0.717) is 11.4 Å². The maximum absolute atomic E-state index is 8.97. The van der Waals surface area contributed by atoms with Crippen LogP contribution in [0.4, 0.5) is 0 Å². The number of hydrogen-bond donors (Lipinski definition) is 1. The fourth-order valence-electron chi connectivity index (χ4n) is 1.68. The summed E-state index contributed by atoms with van der Waals surface area (Å²) in [7, 11) is 0. The van der Waals surface area contributed by atoms with Gasteiger partial charge < -0.3 is 10.1 Å². The summed E-state index contributed by atoms with van der Waals surface area (Å²) in [5.41, 5.74) is 0.472. The highest BCUT2D eigenvalue weighted by Crippen LogP contribution is 2.21. The average Bonchev–Trinajstić information content (AvgIpc) is 2.33. The summed E-state index contributed by atoms with van der Waals surface area (Å²) in [6.07, 6.45) is 3.88. The lowest BCUT2D eigenvalue weighted by molar-refractivity contribution is 0.160. The van der Waals surface area contributed by atoms with Gasteiger partial charge in [-0.3, -0.25) is 0 Å². The number of pyridine rings is 1. The molecule has 0 amide bonds. The van der Waals surface area contributed by atoms with Crippen LogP contribution in [0.25, 0.3) is 0 Å². The Bertz CT molecular complexity index is 410. The van der Waals surface area contributed by atoms with E-state index >= 15 is 0 Å². The zero-order valence-corrected chi connectivity index (χ0v) is 10.3. The maximum Gasteiger partial charge on any atom is 0.232 e. The molecule has 16 heavy (non-hydrogen) atoms. The van der Waals surface area contributed by atoms with Crippen molar-refractivity contribution in [3.05, 3.63) is 22.3 Å². The Hall–Kier alpha value is -1.12. The molecule has 0 aliphatic carbocycles. The van der Waals surface area contributed by atoms with E-state index in [-0.39, 0.29) is 6.10 Å². The molecule has 1 saturated heterocycles. The molecule has 2 heterocycles. The summed E-state index contributed by atoms with van der Waals surface area (Å²) in [5, 5.41) is 12.2. The summed E-state index contributed by atoms with van der Waals surface area (Å²) in [4.78, 5) is 4.12. The van der Waals surface area contributed by atoms with Crippen LogP contribution < -0.4 is 10.1 Å². The number of ether oxygens (including phenoxy) is 1. The molecule has 0 bridgehead atoms. The second-order valence-corrected chi connectivity index (χ2v) is 4.62. The minimum Gasteiger partial charge on any atom is -0.472 e. The smallest absolute Gasteiger partial charge is 0.232 e. The summed E-state index contributed by atoms with van der Waals surface area (Å²) < 4.78 is 6.51. The zero-order chi connectivity index (χ0) is 11.4. The Balaban J connectivity index is 2.11.